The van der Waals surface area contributed by atoms with Crippen molar-refractivity contribution in [1.82, 2.24) is 9.55 Å². The molecule has 0 saturated carbocycles. The Morgan fingerprint density at radius 1 is 0.622 bits per heavy atom. The molecular weight excluding hydrogens is 516 g/mol. The molecule has 2 aromatic heterocycles. The smallest absolute Gasteiger partial charge is 0.0971 e. The number of aromatic nitrogens is 2. The maximum Gasteiger partial charge on any atom is 0.0971 e. The van der Waals surface area contributed by atoms with Gasteiger partial charge in [-0.15, -0.1) is 0 Å². The lowest BCUT2D eigenvalue weighted by Crippen LogP contribution is -2.33. The monoisotopic (exact) mass is 534 g/mol. The highest BCUT2D eigenvalue weighted by atomic mass is 79.9. The predicted molar refractivity (Wildman–Crippen MR) is 155 cm³/mol. The second kappa shape index (κ2) is 6.76. The van der Waals surface area contributed by atoms with E-state index in [1.54, 1.807) is 0 Å². The van der Waals surface area contributed by atoms with Crippen LogP contribution in [-0.2, 0) is 5.41 Å². The van der Waals surface area contributed by atoms with E-state index in [9.17, 15) is 0 Å². The third kappa shape index (κ3) is 2.26. The molecule has 1 aliphatic heterocycles. The van der Waals surface area contributed by atoms with Gasteiger partial charge in [0.15, 0.2) is 0 Å². The third-order valence-corrected chi connectivity index (χ3v) is 8.91. The molecule has 0 radical (unpaired) electrons. The van der Waals surface area contributed by atoms with Gasteiger partial charge in [0.2, 0.25) is 0 Å². The van der Waals surface area contributed by atoms with Crippen LogP contribution in [0.1, 0.15) is 22.3 Å². The highest BCUT2D eigenvalue weighted by molar-refractivity contribution is 9.10. The van der Waals surface area contributed by atoms with Crippen LogP contribution in [0, 0.1) is 0 Å². The van der Waals surface area contributed by atoms with Gasteiger partial charge in [-0.05, 0) is 63.7 Å². The number of para-hydroxylation sites is 3. The second-order valence-electron chi connectivity index (χ2n) is 10.1. The van der Waals surface area contributed by atoms with Gasteiger partial charge in [-0.3, -0.25) is 0 Å². The Labute approximate surface area is 222 Å². The SMILES string of the molecule is Brc1ccc2c(c1)C1(c3ccccc3-2)c2ccccc2-n2c3cc4ccccc4nc3c3cccc1c32. The van der Waals surface area contributed by atoms with Crippen molar-refractivity contribution >= 4 is 48.8 Å². The van der Waals surface area contributed by atoms with Crippen LogP contribution in [0.15, 0.2) is 120 Å². The predicted octanol–water partition coefficient (Wildman–Crippen LogP) is 8.77. The van der Waals surface area contributed by atoms with Crippen molar-refractivity contribution in [3.63, 3.8) is 0 Å². The van der Waals surface area contributed by atoms with E-state index in [4.69, 9.17) is 4.98 Å². The number of halogens is 1. The van der Waals surface area contributed by atoms with Crippen molar-refractivity contribution < 1.29 is 0 Å². The van der Waals surface area contributed by atoms with Crippen molar-refractivity contribution in [2.75, 3.05) is 0 Å². The van der Waals surface area contributed by atoms with Crippen LogP contribution in [0.25, 0.3) is 49.7 Å². The molecule has 0 amide bonds. The van der Waals surface area contributed by atoms with Crippen LogP contribution < -0.4 is 0 Å². The largest absolute Gasteiger partial charge is 0.307 e. The van der Waals surface area contributed by atoms with Crippen molar-refractivity contribution in [2.45, 2.75) is 5.41 Å². The Morgan fingerprint density at radius 3 is 2.32 bits per heavy atom. The van der Waals surface area contributed by atoms with Gasteiger partial charge in [0.05, 0.1) is 33.2 Å². The highest BCUT2D eigenvalue weighted by Gasteiger charge is 2.50. The first-order chi connectivity index (χ1) is 18.3. The van der Waals surface area contributed by atoms with Crippen LogP contribution >= 0.6 is 15.9 Å². The molecular formula is C34H19BrN2. The van der Waals surface area contributed by atoms with E-state index in [0.29, 0.717) is 0 Å². The van der Waals surface area contributed by atoms with E-state index in [2.05, 4.69) is 136 Å². The number of hydrogen-bond donors (Lipinski definition) is 0. The number of hydrogen-bond acceptors (Lipinski definition) is 1. The van der Waals surface area contributed by atoms with Crippen LogP contribution in [-0.4, -0.2) is 9.55 Å². The molecule has 5 aromatic carbocycles. The number of pyridine rings is 1. The van der Waals surface area contributed by atoms with Gasteiger partial charge in [0.25, 0.3) is 0 Å². The third-order valence-electron chi connectivity index (χ3n) is 8.42. The van der Waals surface area contributed by atoms with Crippen LogP contribution in [0.5, 0.6) is 0 Å². The number of rotatable bonds is 0. The molecule has 2 aliphatic rings. The molecule has 2 nitrogen and oxygen atoms in total. The topological polar surface area (TPSA) is 17.8 Å². The quantitative estimate of drug-likeness (QED) is 0.190. The van der Waals surface area contributed by atoms with E-state index >= 15 is 0 Å². The summed E-state index contributed by atoms with van der Waals surface area (Å²) in [5.41, 5.74) is 13.2. The highest BCUT2D eigenvalue weighted by Crippen LogP contribution is 2.61. The van der Waals surface area contributed by atoms with Gasteiger partial charge < -0.3 is 4.57 Å². The summed E-state index contributed by atoms with van der Waals surface area (Å²) >= 11 is 3.81. The van der Waals surface area contributed by atoms with E-state index in [1.807, 2.05) is 0 Å². The van der Waals surface area contributed by atoms with Gasteiger partial charge >= 0.3 is 0 Å². The van der Waals surface area contributed by atoms with Crippen LogP contribution in [0.4, 0.5) is 0 Å². The molecule has 3 heteroatoms. The Morgan fingerprint density at radius 2 is 1.38 bits per heavy atom. The molecule has 1 unspecified atom stereocenters. The molecule has 3 heterocycles. The fourth-order valence-electron chi connectivity index (χ4n) is 7.09. The zero-order valence-corrected chi connectivity index (χ0v) is 21.3. The van der Waals surface area contributed by atoms with E-state index in [0.717, 1.165) is 26.4 Å². The Balaban J connectivity index is 1.57. The number of fused-ring (bicyclic) bond motifs is 13. The van der Waals surface area contributed by atoms with Crippen molar-refractivity contribution in [3.8, 4) is 16.8 Å². The first-order valence-electron chi connectivity index (χ1n) is 12.6. The summed E-state index contributed by atoms with van der Waals surface area (Å²) in [7, 11) is 0. The number of benzene rings is 5. The minimum absolute atomic E-state index is 0.407. The molecule has 0 fully saturated rings. The molecule has 0 N–H and O–H groups in total. The second-order valence-corrected chi connectivity index (χ2v) is 11.0. The van der Waals surface area contributed by atoms with Crippen LogP contribution in [0.3, 0.4) is 0 Å². The standard InChI is InChI=1S/C34H19BrN2/c35-21-16-17-23-22-9-2-3-11-25(22)34(28(23)19-21)26-12-4-6-15-30(26)37-31-18-20-8-1-5-14-29(20)36-32(31)24-10-7-13-27(34)33(24)37/h1-19H. The molecule has 37 heavy (non-hydrogen) atoms. The average Bonchev–Trinajstić information content (AvgIpc) is 3.41. The average molecular weight is 535 g/mol. The summed E-state index contributed by atoms with van der Waals surface area (Å²) in [4.78, 5) is 5.21. The van der Waals surface area contributed by atoms with Gasteiger partial charge in [-0.2, -0.15) is 0 Å². The summed E-state index contributed by atoms with van der Waals surface area (Å²) in [5, 5.41) is 2.36. The summed E-state index contributed by atoms with van der Waals surface area (Å²) in [5.74, 6) is 0. The molecule has 1 spiro atoms. The lowest BCUT2D eigenvalue weighted by atomic mass is 9.65. The maximum atomic E-state index is 5.21. The van der Waals surface area contributed by atoms with Crippen molar-refractivity contribution in [3.05, 3.63) is 142 Å². The van der Waals surface area contributed by atoms with Crippen LogP contribution in [0.2, 0.25) is 0 Å². The fraction of sp³-hybridized carbons (Fsp3) is 0.0294. The summed E-state index contributed by atoms with van der Waals surface area (Å²) in [6.07, 6.45) is 0. The molecule has 172 valence electrons. The molecule has 0 bridgehead atoms. The molecule has 1 aliphatic carbocycles. The van der Waals surface area contributed by atoms with Crippen molar-refractivity contribution in [1.29, 1.82) is 0 Å². The lowest BCUT2D eigenvalue weighted by molar-refractivity contribution is 0.748. The summed E-state index contributed by atoms with van der Waals surface area (Å²) < 4.78 is 3.56. The Kier molecular flexibility index (Phi) is 3.64. The van der Waals surface area contributed by atoms with E-state index in [-0.39, 0.29) is 0 Å². The first-order valence-corrected chi connectivity index (χ1v) is 13.4. The minimum Gasteiger partial charge on any atom is -0.307 e. The fourth-order valence-corrected chi connectivity index (χ4v) is 7.45. The van der Waals surface area contributed by atoms with Crippen molar-refractivity contribution in [2.24, 2.45) is 0 Å². The van der Waals surface area contributed by atoms with Gasteiger partial charge in [0, 0.05) is 15.2 Å². The normalized spacial score (nSPS) is 16.9. The lowest BCUT2D eigenvalue weighted by Gasteiger charge is -2.39. The summed E-state index contributed by atoms with van der Waals surface area (Å²) in [6, 6.07) is 42.2. The van der Waals surface area contributed by atoms with Gasteiger partial charge in [0.1, 0.15) is 0 Å². The zero-order valence-electron chi connectivity index (χ0n) is 19.7. The molecule has 0 saturated heterocycles. The molecule has 9 rings (SSSR count). The molecule has 7 aromatic rings. The van der Waals surface area contributed by atoms with Gasteiger partial charge in [-0.1, -0.05) is 101 Å². The summed E-state index contributed by atoms with van der Waals surface area (Å²) in [6.45, 7) is 0. The minimum atomic E-state index is -0.407. The first kappa shape index (κ1) is 19.9. The molecule has 1 atom stereocenters. The Hall–Kier alpha value is -4.21. The Bertz CT molecular complexity index is 2120. The van der Waals surface area contributed by atoms with E-state index < -0.39 is 5.41 Å². The van der Waals surface area contributed by atoms with E-state index in [1.165, 1.54) is 50.0 Å². The maximum absolute atomic E-state index is 5.21. The number of nitrogens with zero attached hydrogens (tertiary/aromatic N) is 2. The van der Waals surface area contributed by atoms with Gasteiger partial charge in [-0.25, -0.2) is 4.98 Å². The zero-order chi connectivity index (χ0) is 24.3.